The molecule has 0 fully saturated rings. The summed E-state index contributed by atoms with van der Waals surface area (Å²) in [7, 11) is 1.60. The van der Waals surface area contributed by atoms with Crippen molar-refractivity contribution < 1.29 is 14.6 Å². The third-order valence-electron chi connectivity index (χ3n) is 3.44. The van der Waals surface area contributed by atoms with Gasteiger partial charge in [0.15, 0.2) is 5.96 Å². The monoisotopic (exact) mass is 337 g/mol. The maximum atomic E-state index is 9.91. The number of ether oxygens (including phenoxy) is 2. The number of guanidine groups is 1. The molecule has 1 aromatic rings. The van der Waals surface area contributed by atoms with Gasteiger partial charge in [0.2, 0.25) is 0 Å². The predicted octanol–water partition coefficient (Wildman–Crippen LogP) is 2.66. The Labute approximate surface area is 145 Å². The summed E-state index contributed by atoms with van der Waals surface area (Å²) in [5, 5.41) is 16.4. The van der Waals surface area contributed by atoms with E-state index >= 15 is 0 Å². The van der Waals surface area contributed by atoms with Gasteiger partial charge in [-0.25, -0.2) is 4.99 Å². The van der Waals surface area contributed by atoms with Gasteiger partial charge in [-0.15, -0.1) is 0 Å². The first-order chi connectivity index (χ1) is 11.7. The fourth-order valence-corrected chi connectivity index (χ4v) is 2.05. The SMILES string of the molecule is CCCCOCCCNC(=NCc1cc(OC)ccc1O)NCC. The lowest BCUT2D eigenvalue weighted by Gasteiger charge is -2.12. The van der Waals surface area contributed by atoms with Crippen LogP contribution in [0.5, 0.6) is 11.5 Å². The van der Waals surface area contributed by atoms with Gasteiger partial charge in [-0.1, -0.05) is 13.3 Å². The number of methoxy groups -OCH3 is 1. The van der Waals surface area contributed by atoms with Crippen LogP contribution < -0.4 is 15.4 Å². The summed E-state index contributed by atoms with van der Waals surface area (Å²) in [6, 6.07) is 5.15. The largest absolute Gasteiger partial charge is 0.508 e. The van der Waals surface area contributed by atoms with Crippen molar-refractivity contribution in [3.05, 3.63) is 23.8 Å². The number of nitrogens with one attached hydrogen (secondary N) is 2. The average molecular weight is 337 g/mol. The van der Waals surface area contributed by atoms with Crippen molar-refractivity contribution in [3.63, 3.8) is 0 Å². The standard InChI is InChI=1S/C18H31N3O3/c1-4-6-11-24-12-7-10-20-18(19-5-2)21-14-15-13-16(23-3)8-9-17(15)22/h8-9,13,22H,4-7,10-12,14H2,1-3H3,(H2,19,20,21). The molecule has 6 nitrogen and oxygen atoms in total. The van der Waals surface area contributed by atoms with Crippen LogP contribution in [0.15, 0.2) is 23.2 Å². The number of phenols is 1. The average Bonchev–Trinajstić information content (AvgIpc) is 2.60. The van der Waals surface area contributed by atoms with Gasteiger partial charge in [0.25, 0.3) is 0 Å². The quantitative estimate of drug-likeness (QED) is 0.329. The normalized spacial score (nSPS) is 11.4. The number of nitrogens with zero attached hydrogens (tertiary/aromatic N) is 1. The summed E-state index contributed by atoms with van der Waals surface area (Å²) in [6.07, 6.45) is 3.20. The highest BCUT2D eigenvalue weighted by Gasteiger charge is 2.04. The lowest BCUT2D eigenvalue weighted by molar-refractivity contribution is 0.129. The van der Waals surface area contributed by atoms with E-state index in [9.17, 15) is 5.11 Å². The molecule has 6 heteroatoms. The molecule has 24 heavy (non-hydrogen) atoms. The van der Waals surface area contributed by atoms with Crippen molar-refractivity contribution >= 4 is 5.96 Å². The topological polar surface area (TPSA) is 75.1 Å². The number of rotatable bonds is 11. The number of hydrogen-bond donors (Lipinski definition) is 3. The molecular weight excluding hydrogens is 306 g/mol. The third kappa shape index (κ3) is 8.06. The minimum absolute atomic E-state index is 0.222. The van der Waals surface area contributed by atoms with E-state index < -0.39 is 0 Å². The van der Waals surface area contributed by atoms with Crippen LogP contribution in [0.25, 0.3) is 0 Å². The summed E-state index contributed by atoms with van der Waals surface area (Å²) in [5.74, 6) is 1.66. The van der Waals surface area contributed by atoms with E-state index in [1.54, 1.807) is 25.3 Å². The second-order valence-corrected chi connectivity index (χ2v) is 5.44. The first-order valence-electron chi connectivity index (χ1n) is 8.67. The number of hydrogen-bond acceptors (Lipinski definition) is 4. The molecule has 0 amide bonds. The molecule has 0 saturated carbocycles. The zero-order valence-electron chi connectivity index (χ0n) is 15.1. The van der Waals surface area contributed by atoms with Crippen molar-refractivity contribution in [1.29, 1.82) is 0 Å². The Kier molecular flexibility index (Phi) is 10.4. The van der Waals surface area contributed by atoms with Crippen molar-refractivity contribution in [1.82, 2.24) is 10.6 Å². The van der Waals surface area contributed by atoms with E-state index in [1.807, 2.05) is 6.92 Å². The minimum Gasteiger partial charge on any atom is -0.508 e. The summed E-state index contributed by atoms with van der Waals surface area (Å²) < 4.78 is 10.7. The number of benzene rings is 1. The van der Waals surface area contributed by atoms with E-state index in [2.05, 4.69) is 22.5 Å². The Hall–Kier alpha value is -1.95. The first kappa shape index (κ1) is 20.1. The lowest BCUT2D eigenvalue weighted by Crippen LogP contribution is -2.38. The van der Waals surface area contributed by atoms with Gasteiger partial charge in [0.1, 0.15) is 11.5 Å². The molecule has 136 valence electrons. The molecule has 0 aliphatic carbocycles. The highest BCUT2D eigenvalue weighted by Crippen LogP contribution is 2.23. The third-order valence-corrected chi connectivity index (χ3v) is 3.44. The Morgan fingerprint density at radius 1 is 1.17 bits per heavy atom. The van der Waals surface area contributed by atoms with Crippen molar-refractivity contribution in [2.75, 3.05) is 33.4 Å². The molecule has 0 bridgehead atoms. The van der Waals surface area contributed by atoms with Gasteiger partial charge in [0.05, 0.1) is 13.7 Å². The second kappa shape index (κ2) is 12.5. The number of aromatic hydroxyl groups is 1. The Morgan fingerprint density at radius 2 is 1.96 bits per heavy atom. The fraction of sp³-hybridized carbons (Fsp3) is 0.611. The van der Waals surface area contributed by atoms with Gasteiger partial charge >= 0.3 is 0 Å². The molecule has 1 rings (SSSR count). The van der Waals surface area contributed by atoms with Gasteiger partial charge < -0.3 is 25.2 Å². The van der Waals surface area contributed by atoms with Crippen molar-refractivity contribution in [2.24, 2.45) is 4.99 Å². The van der Waals surface area contributed by atoms with Crippen LogP contribution in [0, 0.1) is 0 Å². The molecule has 0 aromatic heterocycles. The molecule has 0 aliphatic rings. The molecule has 0 saturated heterocycles. The highest BCUT2D eigenvalue weighted by molar-refractivity contribution is 5.79. The number of unbranched alkanes of at least 4 members (excludes halogenated alkanes) is 1. The zero-order valence-corrected chi connectivity index (χ0v) is 15.1. The summed E-state index contributed by atoms with van der Waals surface area (Å²) >= 11 is 0. The molecule has 0 aliphatic heterocycles. The van der Waals surface area contributed by atoms with Crippen molar-refractivity contribution in [3.8, 4) is 11.5 Å². The first-order valence-corrected chi connectivity index (χ1v) is 8.67. The van der Waals surface area contributed by atoms with Crippen LogP contribution in [0.2, 0.25) is 0 Å². The van der Waals surface area contributed by atoms with Crippen LogP contribution in [-0.4, -0.2) is 44.5 Å². The molecule has 3 N–H and O–H groups in total. The summed E-state index contributed by atoms with van der Waals surface area (Å²) in [6.45, 7) is 7.72. The maximum absolute atomic E-state index is 9.91. The van der Waals surface area contributed by atoms with E-state index in [0.29, 0.717) is 12.3 Å². The Morgan fingerprint density at radius 3 is 2.67 bits per heavy atom. The molecular formula is C18H31N3O3. The van der Waals surface area contributed by atoms with Crippen LogP contribution in [0.1, 0.15) is 38.7 Å². The molecule has 0 atom stereocenters. The van der Waals surface area contributed by atoms with Crippen LogP contribution in [-0.2, 0) is 11.3 Å². The van der Waals surface area contributed by atoms with Gasteiger partial charge in [-0.2, -0.15) is 0 Å². The van der Waals surface area contributed by atoms with E-state index in [4.69, 9.17) is 9.47 Å². The van der Waals surface area contributed by atoms with E-state index in [1.165, 1.54) is 0 Å². The zero-order chi connectivity index (χ0) is 17.6. The minimum atomic E-state index is 0.222. The number of aliphatic imine (C=N–C) groups is 1. The predicted molar refractivity (Wildman–Crippen MR) is 97.8 cm³/mol. The second-order valence-electron chi connectivity index (χ2n) is 5.44. The molecule has 1 aromatic carbocycles. The smallest absolute Gasteiger partial charge is 0.191 e. The Bertz CT molecular complexity index is 492. The van der Waals surface area contributed by atoms with Crippen LogP contribution in [0.3, 0.4) is 0 Å². The van der Waals surface area contributed by atoms with Crippen LogP contribution in [0.4, 0.5) is 0 Å². The molecule has 0 heterocycles. The maximum Gasteiger partial charge on any atom is 0.191 e. The van der Waals surface area contributed by atoms with E-state index in [-0.39, 0.29) is 5.75 Å². The van der Waals surface area contributed by atoms with Crippen molar-refractivity contribution in [2.45, 2.75) is 39.7 Å². The fourth-order valence-electron chi connectivity index (χ4n) is 2.05. The van der Waals surface area contributed by atoms with Gasteiger partial charge in [0, 0.05) is 31.9 Å². The lowest BCUT2D eigenvalue weighted by atomic mass is 10.2. The summed E-state index contributed by atoms with van der Waals surface area (Å²) in [4.78, 5) is 4.51. The van der Waals surface area contributed by atoms with Gasteiger partial charge in [-0.05, 0) is 38.0 Å². The summed E-state index contributed by atoms with van der Waals surface area (Å²) in [5.41, 5.74) is 0.731. The Balaban J connectivity index is 2.44. The van der Waals surface area contributed by atoms with Gasteiger partial charge in [-0.3, -0.25) is 0 Å². The number of phenolic OH excluding ortho intramolecular Hbond substituents is 1. The molecule has 0 spiro atoms. The molecule has 0 unspecified atom stereocenters. The van der Waals surface area contributed by atoms with E-state index in [0.717, 1.165) is 57.1 Å². The molecule has 0 radical (unpaired) electrons. The van der Waals surface area contributed by atoms with Crippen LogP contribution >= 0.6 is 0 Å². The highest BCUT2D eigenvalue weighted by atomic mass is 16.5.